The highest BCUT2D eigenvalue weighted by molar-refractivity contribution is 4.69. The SMILES string of the molecule is CCCCN(CCC(N)CC)C(C)CC. The summed E-state index contributed by atoms with van der Waals surface area (Å²) in [5, 5.41) is 0. The molecule has 2 unspecified atom stereocenters. The molecule has 0 aliphatic heterocycles. The third kappa shape index (κ3) is 6.91. The minimum atomic E-state index is 0.387. The van der Waals surface area contributed by atoms with Crippen LogP contribution in [0.2, 0.25) is 0 Å². The van der Waals surface area contributed by atoms with Crippen LogP contribution in [0, 0.1) is 0 Å². The van der Waals surface area contributed by atoms with Gasteiger partial charge >= 0.3 is 0 Å². The number of unbranched alkanes of at least 4 members (excludes halogenated alkanes) is 1. The van der Waals surface area contributed by atoms with Gasteiger partial charge in [0.25, 0.3) is 0 Å². The fourth-order valence-electron chi connectivity index (χ4n) is 1.71. The molecule has 0 aromatic rings. The second-order valence-corrected chi connectivity index (χ2v) is 4.60. The zero-order valence-electron chi connectivity index (χ0n) is 11.1. The second-order valence-electron chi connectivity index (χ2n) is 4.60. The molecule has 0 aliphatic carbocycles. The van der Waals surface area contributed by atoms with Crippen molar-refractivity contribution in [2.45, 2.75) is 71.9 Å². The van der Waals surface area contributed by atoms with Gasteiger partial charge in [0.05, 0.1) is 0 Å². The van der Waals surface area contributed by atoms with Gasteiger partial charge in [-0.25, -0.2) is 0 Å². The van der Waals surface area contributed by atoms with Gasteiger partial charge < -0.3 is 10.6 Å². The van der Waals surface area contributed by atoms with Gasteiger partial charge in [-0.2, -0.15) is 0 Å². The number of rotatable bonds is 9. The van der Waals surface area contributed by atoms with Crippen molar-refractivity contribution in [1.29, 1.82) is 0 Å². The molecular weight excluding hydrogens is 184 g/mol. The summed E-state index contributed by atoms with van der Waals surface area (Å²) in [4.78, 5) is 2.60. The molecule has 0 radical (unpaired) electrons. The summed E-state index contributed by atoms with van der Waals surface area (Å²) in [6.07, 6.45) is 6.08. The maximum Gasteiger partial charge on any atom is 0.00643 e. The molecule has 0 spiro atoms. The predicted molar refractivity (Wildman–Crippen MR) is 69.1 cm³/mol. The molecule has 0 aliphatic rings. The molecule has 0 heterocycles. The lowest BCUT2D eigenvalue weighted by molar-refractivity contribution is 0.193. The van der Waals surface area contributed by atoms with Crippen molar-refractivity contribution in [1.82, 2.24) is 4.90 Å². The molecule has 92 valence electrons. The zero-order valence-corrected chi connectivity index (χ0v) is 11.1. The van der Waals surface area contributed by atoms with Crippen LogP contribution in [0.15, 0.2) is 0 Å². The Morgan fingerprint density at radius 1 is 1.07 bits per heavy atom. The first kappa shape index (κ1) is 14.9. The van der Waals surface area contributed by atoms with Crippen LogP contribution in [-0.4, -0.2) is 30.1 Å². The molecule has 0 saturated heterocycles. The van der Waals surface area contributed by atoms with Crippen LogP contribution < -0.4 is 5.73 Å². The van der Waals surface area contributed by atoms with Crippen LogP contribution in [0.25, 0.3) is 0 Å². The summed E-state index contributed by atoms with van der Waals surface area (Å²) in [6.45, 7) is 11.4. The van der Waals surface area contributed by atoms with Gasteiger partial charge in [-0.1, -0.05) is 27.2 Å². The predicted octanol–water partition coefficient (Wildman–Crippen LogP) is 3.01. The van der Waals surface area contributed by atoms with Crippen LogP contribution in [0.5, 0.6) is 0 Å². The summed E-state index contributed by atoms with van der Waals surface area (Å²) in [6, 6.07) is 1.10. The van der Waals surface area contributed by atoms with Crippen molar-refractivity contribution < 1.29 is 0 Å². The highest BCUT2D eigenvalue weighted by Gasteiger charge is 2.12. The van der Waals surface area contributed by atoms with Gasteiger partial charge in [0.1, 0.15) is 0 Å². The molecule has 2 N–H and O–H groups in total. The van der Waals surface area contributed by atoms with E-state index in [1.807, 2.05) is 0 Å². The van der Waals surface area contributed by atoms with Gasteiger partial charge in [0.15, 0.2) is 0 Å². The molecule has 0 saturated carbocycles. The van der Waals surface area contributed by atoms with Crippen LogP contribution in [0.3, 0.4) is 0 Å². The monoisotopic (exact) mass is 214 g/mol. The number of nitrogens with two attached hydrogens (primary N) is 1. The van der Waals surface area contributed by atoms with E-state index < -0.39 is 0 Å². The van der Waals surface area contributed by atoms with Crippen molar-refractivity contribution in [2.75, 3.05) is 13.1 Å². The topological polar surface area (TPSA) is 29.3 Å². The van der Waals surface area contributed by atoms with Gasteiger partial charge in [-0.3, -0.25) is 0 Å². The maximum absolute atomic E-state index is 5.96. The van der Waals surface area contributed by atoms with Gasteiger partial charge in [-0.15, -0.1) is 0 Å². The Hall–Kier alpha value is -0.0800. The number of hydrogen-bond donors (Lipinski definition) is 1. The van der Waals surface area contributed by atoms with E-state index in [0.717, 1.165) is 12.8 Å². The van der Waals surface area contributed by atoms with Crippen LogP contribution in [0.1, 0.15) is 59.8 Å². The van der Waals surface area contributed by atoms with Crippen LogP contribution >= 0.6 is 0 Å². The minimum absolute atomic E-state index is 0.387. The fraction of sp³-hybridized carbons (Fsp3) is 1.00. The van der Waals surface area contributed by atoms with Gasteiger partial charge in [-0.05, 0) is 45.7 Å². The minimum Gasteiger partial charge on any atom is -0.328 e. The Morgan fingerprint density at radius 2 is 1.73 bits per heavy atom. The summed E-state index contributed by atoms with van der Waals surface area (Å²) in [5.41, 5.74) is 5.96. The lowest BCUT2D eigenvalue weighted by Crippen LogP contribution is -2.37. The standard InChI is InChI=1S/C13H30N2/c1-5-8-10-15(12(4)6-2)11-9-13(14)7-3/h12-13H,5-11,14H2,1-4H3. The lowest BCUT2D eigenvalue weighted by Gasteiger charge is -2.29. The lowest BCUT2D eigenvalue weighted by atomic mass is 10.1. The van der Waals surface area contributed by atoms with E-state index in [1.54, 1.807) is 0 Å². The van der Waals surface area contributed by atoms with Crippen LogP contribution in [0.4, 0.5) is 0 Å². The van der Waals surface area contributed by atoms with Crippen molar-refractivity contribution in [3.05, 3.63) is 0 Å². The van der Waals surface area contributed by atoms with Crippen molar-refractivity contribution >= 4 is 0 Å². The van der Waals surface area contributed by atoms with E-state index in [0.29, 0.717) is 12.1 Å². The first-order valence-electron chi connectivity index (χ1n) is 6.65. The maximum atomic E-state index is 5.96. The van der Waals surface area contributed by atoms with E-state index in [9.17, 15) is 0 Å². The molecular formula is C13H30N2. The Balaban J connectivity index is 3.89. The quantitative estimate of drug-likeness (QED) is 0.639. The second kappa shape index (κ2) is 9.17. The number of hydrogen-bond acceptors (Lipinski definition) is 2. The molecule has 0 aromatic heterocycles. The first-order valence-corrected chi connectivity index (χ1v) is 6.65. The van der Waals surface area contributed by atoms with Crippen molar-refractivity contribution in [3.63, 3.8) is 0 Å². The van der Waals surface area contributed by atoms with Crippen molar-refractivity contribution in [3.8, 4) is 0 Å². The molecule has 0 amide bonds. The molecule has 2 nitrogen and oxygen atoms in total. The Morgan fingerprint density at radius 3 is 2.20 bits per heavy atom. The number of nitrogens with zero attached hydrogens (tertiary/aromatic N) is 1. The highest BCUT2D eigenvalue weighted by atomic mass is 15.1. The molecule has 2 heteroatoms. The summed E-state index contributed by atoms with van der Waals surface area (Å²) >= 11 is 0. The van der Waals surface area contributed by atoms with Gasteiger partial charge in [0.2, 0.25) is 0 Å². The third-order valence-corrected chi connectivity index (χ3v) is 3.32. The zero-order chi connectivity index (χ0) is 11.7. The Kier molecular flexibility index (Phi) is 9.12. The average Bonchev–Trinajstić information content (AvgIpc) is 2.27. The summed E-state index contributed by atoms with van der Waals surface area (Å²) in [7, 11) is 0. The highest BCUT2D eigenvalue weighted by Crippen LogP contribution is 2.08. The third-order valence-electron chi connectivity index (χ3n) is 3.32. The molecule has 0 fully saturated rings. The summed E-state index contributed by atoms with van der Waals surface area (Å²) in [5.74, 6) is 0. The van der Waals surface area contributed by atoms with Crippen LogP contribution in [-0.2, 0) is 0 Å². The van der Waals surface area contributed by atoms with E-state index in [4.69, 9.17) is 5.73 Å². The Labute approximate surface area is 96.2 Å². The molecule has 0 rings (SSSR count). The smallest absolute Gasteiger partial charge is 0.00643 e. The van der Waals surface area contributed by atoms with Crippen molar-refractivity contribution in [2.24, 2.45) is 5.73 Å². The fourth-order valence-corrected chi connectivity index (χ4v) is 1.71. The first-order chi connectivity index (χ1) is 7.15. The van der Waals surface area contributed by atoms with Gasteiger partial charge in [0, 0.05) is 12.1 Å². The van der Waals surface area contributed by atoms with E-state index >= 15 is 0 Å². The largest absolute Gasteiger partial charge is 0.328 e. The molecule has 15 heavy (non-hydrogen) atoms. The molecule has 2 atom stereocenters. The van der Waals surface area contributed by atoms with E-state index in [1.165, 1.54) is 32.4 Å². The average molecular weight is 214 g/mol. The normalized spacial score (nSPS) is 15.6. The van der Waals surface area contributed by atoms with E-state index in [2.05, 4.69) is 32.6 Å². The van der Waals surface area contributed by atoms with E-state index in [-0.39, 0.29) is 0 Å². The molecule has 0 bridgehead atoms. The molecule has 0 aromatic carbocycles. The Bertz CT molecular complexity index is 136. The summed E-state index contributed by atoms with van der Waals surface area (Å²) < 4.78 is 0.